The van der Waals surface area contributed by atoms with Crippen molar-refractivity contribution in [2.75, 3.05) is 0 Å². The molecule has 3 aromatic heterocycles. The van der Waals surface area contributed by atoms with Gasteiger partial charge in [0.15, 0.2) is 10.9 Å². The molecule has 3 heterocycles. The van der Waals surface area contributed by atoms with Crippen LogP contribution >= 0.6 is 11.3 Å². The number of ether oxygens (including phenoxy) is 1. The molecule has 0 aliphatic carbocycles. The Labute approximate surface area is 202 Å². The molecule has 0 amide bonds. The molecule has 6 nitrogen and oxygen atoms in total. The largest absolute Gasteiger partial charge is 0.489 e. The first-order valence-electron chi connectivity index (χ1n) is 10.6. The molecule has 10 heteroatoms. The SMILES string of the molecule is Cc1nc(-n2ccc(OCc3ccc(C(F)(F)F)nc3)cc2=O)sc1C(=O)CCc1ccccc1. The number of nitrogens with zero attached hydrogens (tertiary/aromatic N) is 3. The number of hydrogen-bond donors (Lipinski definition) is 0. The molecule has 180 valence electrons. The van der Waals surface area contributed by atoms with E-state index < -0.39 is 17.4 Å². The Balaban J connectivity index is 1.42. The normalized spacial score (nSPS) is 11.4. The van der Waals surface area contributed by atoms with E-state index in [-0.39, 0.29) is 18.1 Å². The van der Waals surface area contributed by atoms with Crippen molar-refractivity contribution in [2.24, 2.45) is 0 Å². The Morgan fingerprint density at radius 1 is 1.09 bits per heavy atom. The van der Waals surface area contributed by atoms with Crippen LogP contribution in [0.5, 0.6) is 5.75 Å². The Morgan fingerprint density at radius 3 is 2.51 bits per heavy atom. The van der Waals surface area contributed by atoms with Crippen LogP contribution in [0.15, 0.2) is 71.8 Å². The number of carbonyl (C=O) groups is 1. The average molecular weight is 500 g/mol. The molecule has 0 unspecified atom stereocenters. The van der Waals surface area contributed by atoms with Gasteiger partial charge in [-0.2, -0.15) is 13.2 Å². The van der Waals surface area contributed by atoms with Gasteiger partial charge in [-0.25, -0.2) is 4.98 Å². The number of benzene rings is 1. The minimum absolute atomic E-state index is 0.0340. The highest BCUT2D eigenvalue weighted by Crippen LogP contribution is 2.27. The highest BCUT2D eigenvalue weighted by Gasteiger charge is 2.32. The smallest absolute Gasteiger partial charge is 0.433 e. The predicted molar refractivity (Wildman–Crippen MR) is 125 cm³/mol. The lowest BCUT2D eigenvalue weighted by Crippen LogP contribution is -2.16. The van der Waals surface area contributed by atoms with E-state index in [1.165, 1.54) is 22.9 Å². The number of alkyl halides is 3. The summed E-state index contributed by atoms with van der Waals surface area (Å²) in [5.41, 5.74) is 0.661. The number of pyridine rings is 2. The number of rotatable bonds is 8. The van der Waals surface area contributed by atoms with Crippen LogP contribution in [-0.2, 0) is 19.2 Å². The second-order valence-electron chi connectivity index (χ2n) is 7.73. The lowest BCUT2D eigenvalue weighted by Gasteiger charge is -2.09. The third-order valence-electron chi connectivity index (χ3n) is 5.14. The number of hydrogen-bond acceptors (Lipinski definition) is 6. The number of ketones is 1. The maximum atomic E-state index is 12.7. The van der Waals surface area contributed by atoms with Crippen molar-refractivity contribution in [3.05, 3.63) is 105 Å². The molecule has 35 heavy (non-hydrogen) atoms. The van der Waals surface area contributed by atoms with Crippen molar-refractivity contribution < 1.29 is 22.7 Å². The Hall–Kier alpha value is -3.79. The van der Waals surface area contributed by atoms with Crippen LogP contribution in [0.1, 0.15) is 38.6 Å². The topological polar surface area (TPSA) is 74.1 Å². The maximum absolute atomic E-state index is 12.7. The van der Waals surface area contributed by atoms with E-state index in [2.05, 4.69) is 9.97 Å². The monoisotopic (exact) mass is 499 g/mol. The van der Waals surface area contributed by atoms with Gasteiger partial charge in [0.05, 0.1) is 10.6 Å². The number of thiazole rings is 1. The number of Topliss-reactive ketones (excluding diaryl/α,β-unsaturated/α-hetero) is 1. The second-order valence-corrected chi connectivity index (χ2v) is 8.71. The van der Waals surface area contributed by atoms with E-state index in [0.29, 0.717) is 34.1 Å². The van der Waals surface area contributed by atoms with Gasteiger partial charge >= 0.3 is 6.18 Å². The molecule has 0 saturated carbocycles. The fourth-order valence-corrected chi connectivity index (χ4v) is 4.34. The van der Waals surface area contributed by atoms with Gasteiger partial charge in [-0.05, 0) is 31.0 Å². The summed E-state index contributed by atoms with van der Waals surface area (Å²) in [5, 5.41) is 0.369. The third kappa shape index (κ3) is 6.02. The van der Waals surface area contributed by atoms with Gasteiger partial charge in [0.25, 0.3) is 5.56 Å². The van der Waals surface area contributed by atoms with Crippen LogP contribution in [0.2, 0.25) is 0 Å². The van der Waals surface area contributed by atoms with Crippen LogP contribution in [0.25, 0.3) is 5.13 Å². The molecule has 0 radical (unpaired) electrons. The summed E-state index contributed by atoms with van der Waals surface area (Å²) in [6.45, 7) is 1.68. The van der Waals surface area contributed by atoms with E-state index >= 15 is 0 Å². The van der Waals surface area contributed by atoms with Gasteiger partial charge in [-0.3, -0.25) is 19.1 Å². The molecule has 1 aromatic carbocycles. The second kappa shape index (κ2) is 10.2. The Bertz CT molecular complexity index is 1380. The minimum Gasteiger partial charge on any atom is -0.489 e. The summed E-state index contributed by atoms with van der Waals surface area (Å²) in [6, 6.07) is 14.7. The summed E-state index contributed by atoms with van der Waals surface area (Å²) >= 11 is 1.15. The van der Waals surface area contributed by atoms with Crippen LogP contribution in [0.3, 0.4) is 0 Å². The highest BCUT2D eigenvalue weighted by molar-refractivity contribution is 7.16. The van der Waals surface area contributed by atoms with Crippen LogP contribution < -0.4 is 10.3 Å². The van der Waals surface area contributed by atoms with Gasteiger partial charge in [0.1, 0.15) is 18.1 Å². The lowest BCUT2D eigenvalue weighted by molar-refractivity contribution is -0.141. The molecule has 4 rings (SSSR count). The zero-order valence-electron chi connectivity index (χ0n) is 18.6. The minimum atomic E-state index is -4.51. The lowest BCUT2D eigenvalue weighted by atomic mass is 10.1. The molecule has 0 N–H and O–H groups in total. The van der Waals surface area contributed by atoms with E-state index in [0.717, 1.165) is 29.2 Å². The van der Waals surface area contributed by atoms with E-state index in [1.807, 2.05) is 30.3 Å². The van der Waals surface area contributed by atoms with Gasteiger partial charge in [0, 0.05) is 30.4 Å². The van der Waals surface area contributed by atoms with Gasteiger partial charge in [-0.15, -0.1) is 0 Å². The Morgan fingerprint density at radius 2 is 1.86 bits per heavy atom. The van der Waals surface area contributed by atoms with Gasteiger partial charge in [0.2, 0.25) is 0 Å². The zero-order valence-corrected chi connectivity index (χ0v) is 19.4. The zero-order chi connectivity index (χ0) is 25.0. The highest BCUT2D eigenvalue weighted by atomic mass is 32.1. The fraction of sp³-hybridized carbons (Fsp3) is 0.200. The van der Waals surface area contributed by atoms with Crippen LogP contribution in [-0.4, -0.2) is 20.3 Å². The number of aryl methyl sites for hydroxylation is 2. The molecule has 0 spiro atoms. The molecule has 4 aromatic rings. The summed E-state index contributed by atoms with van der Waals surface area (Å²) in [5.74, 6) is 0.215. The van der Waals surface area contributed by atoms with Crippen molar-refractivity contribution in [2.45, 2.75) is 32.5 Å². The van der Waals surface area contributed by atoms with Crippen LogP contribution in [0, 0.1) is 6.92 Å². The van der Waals surface area contributed by atoms with Crippen LogP contribution in [0.4, 0.5) is 13.2 Å². The molecule has 0 saturated heterocycles. The van der Waals surface area contributed by atoms with E-state index in [9.17, 15) is 22.8 Å². The summed E-state index contributed by atoms with van der Waals surface area (Å²) < 4.78 is 44.7. The molecule has 0 aliphatic rings. The molecular formula is C25H20F3N3O3S. The van der Waals surface area contributed by atoms with E-state index in [1.54, 1.807) is 13.0 Å². The Kier molecular flexibility index (Phi) is 7.11. The van der Waals surface area contributed by atoms with Crippen molar-refractivity contribution in [3.8, 4) is 10.9 Å². The van der Waals surface area contributed by atoms with Crippen molar-refractivity contribution >= 4 is 17.1 Å². The molecule has 0 aliphatic heterocycles. The van der Waals surface area contributed by atoms with Crippen molar-refractivity contribution in [3.63, 3.8) is 0 Å². The molecule has 0 atom stereocenters. The quantitative estimate of drug-likeness (QED) is 0.303. The first-order chi connectivity index (χ1) is 16.7. The average Bonchev–Trinajstić information content (AvgIpc) is 3.23. The first kappa shape index (κ1) is 24.3. The summed E-state index contributed by atoms with van der Waals surface area (Å²) in [7, 11) is 0. The van der Waals surface area contributed by atoms with Gasteiger partial charge in [-0.1, -0.05) is 47.7 Å². The van der Waals surface area contributed by atoms with Crippen molar-refractivity contribution in [1.82, 2.24) is 14.5 Å². The fourth-order valence-electron chi connectivity index (χ4n) is 3.31. The van der Waals surface area contributed by atoms with Gasteiger partial charge < -0.3 is 4.74 Å². The number of halogens is 3. The number of aromatic nitrogens is 3. The molecular weight excluding hydrogens is 479 g/mol. The summed E-state index contributed by atoms with van der Waals surface area (Å²) in [6.07, 6.45) is -0.984. The summed E-state index contributed by atoms with van der Waals surface area (Å²) in [4.78, 5) is 33.6. The molecule has 0 bridgehead atoms. The third-order valence-corrected chi connectivity index (χ3v) is 6.34. The van der Waals surface area contributed by atoms with Crippen molar-refractivity contribution in [1.29, 1.82) is 0 Å². The standard InChI is InChI=1S/C25H20F3N3O3S/c1-16-23(20(32)9-7-17-5-3-2-4-6-17)35-24(30-16)31-12-11-19(13-22(31)33)34-15-18-8-10-21(29-14-18)25(26,27)28/h2-6,8,10-14H,7,9,15H2,1H3. The predicted octanol–water partition coefficient (Wildman–Crippen LogP) is 5.41. The van der Waals surface area contributed by atoms with E-state index in [4.69, 9.17) is 4.74 Å². The first-order valence-corrected chi connectivity index (χ1v) is 11.4. The molecule has 0 fully saturated rings. The number of carbonyl (C=O) groups excluding carboxylic acids is 1. The maximum Gasteiger partial charge on any atom is 0.433 e.